The van der Waals surface area contributed by atoms with Crippen molar-refractivity contribution in [2.75, 3.05) is 6.61 Å². The van der Waals surface area contributed by atoms with Gasteiger partial charge in [-0.2, -0.15) is 11.3 Å². The van der Waals surface area contributed by atoms with Crippen LogP contribution < -0.4 is 10.1 Å². The number of aliphatic hydroxyl groups excluding tert-OH is 1. The number of aromatic nitrogens is 1. The molecule has 2 fully saturated rings. The van der Waals surface area contributed by atoms with Gasteiger partial charge in [-0.15, -0.1) is 11.8 Å². The normalized spacial score (nSPS) is 25.5. The van der Waals surface area contributed by atoms with Crippen LogP contribution in [0.15, 0.2) is 64.2 Å². The van der Waals surface area contributed by atoms with Crippen molar-refractivity contribution in [1.29, 1.82) is 0 Å². The van der Waals surface area contributed by atoms with Crippen LogP contribution in [-0.2, 0) is 10.3 Å². The highest BCUT2D eigenvalue weighted by Gasteiger charge is 2.48. The van der Waals surface area contributed by atoms with E-state index in [4.69, 9.17) is 21.3 Å². The topological polar surface area (TPSA) is 71.5 Å². The zero-order valence-electron chi connectivity index (χ0n) is 18.7. The van der Waals surface area contributed by atoms with Crippen LogP contribution in [0.4, 0.5) is 0 Å². The second-order valence-electron chi connectivity index (χ2n) is 8.94. The molecule has 3 aromatic rings. The lowest BCUT2D eigenvalue weighted by Crippen LogP contribution is -2.60. The van der Waals surface area contributed by atoms with Gasteiger partial charge in [0, 0.05) is 17.4 Å². The summed E-state index contributed by atoms with van der Waals surface area (Å²) in [6.45, 7) is 0.660. The highest BCUT2D eigenvalue weighted by molar-refractivity contribution is 8.00. The van der Waals surface area contributed by atoms with Crippen LogP contribution >= 0.6 is 34.7 Å². The molecular formula is C26H27ClN2O3S2. The minimum Gasteiger partial charge on any atom is -0.477 e. The molecule has 0 spiro atoms. The van der Waals surface area contributed by atoms with Gasteiger partial charge in [0.2, 0.25) is 5.88 Å². The third-order valence-electron chi connectivity index (χ3n) is 6.64. The van der Waals surface area contributed by atoms with Crippen LogP contribution in [0.3, 0.4) is 0 Å². The molecular weight excluding hydrogens is 488 g/mol. The van der Waals surface area contributed by atoms with E-state index in [1.165, 1.54) is 37.4 Å². The SMILES string of the molecule is O=C1CC(c2ccsc2)(c2cccc(OCC3CCCC3)n2)NC(O)C1Sc1ccccc1Cl. The number of pyridine rings is 1. The van der Waals surface area contributed by atoms with E-state index in [2.05, 4.69) is 5.32 Å². The van der Waals surface area contributed by atoms with E-state index in [0.717, 1.165) is 10.5 Å². The zero-order chi connectivity index (χ0) is 23.5. The van der Waals surface area contributed by atoms with E-state index in [1.54, 1.807) is 17.4 Å². The standard InChI is InChI=1S/C26H27ClN2O3S2/c27-19-8-3-4-9-21(19)34-24-20(30)14-26(29-25(24)31,18-12-13-33-16-18)22-10-5-11-23(28-22)32-15-17-6-1-2-7-17/h3-5,8-13,16-17,24-25,29,31H,1-2,6-7,14-15H2. The summed E-state index contributed by atoms with van der Waals surface area (Å²) in [5, 5.41) is 18.4. The molecule has 1 aliphatic heterocycles. The van der Waals surface area contributed by atoms with Crippen molar-refractivity contribution >= 4 is 40.5 Å². The molecule has 8 heteroatoms. The fourth-order valence-corrected chi connectivity index (χ4v) is 6.87. The summed E-state index contributed by atoms with van der Waals surface area (Å²) >= 11 is 9.15. The van der Waals surface area contributed by atoms with Gasteiger partial charge in [0.25, 0.3) is 0 Å². The maximum Gasteiger partial charge on any atom is 0.213 e. The average molecular weight is 515 g/mol. The van der Waals surface area contributed by atoms with Crippen LogP contribution in [0.1, 0.15) is 43.4 Å². The van der Waals surface area contributed by atoms with E-state index in [-0.39, 0.29) is 12.2 Å². The minimum absolute atomic E-state index is 0.0542. The first-order chi connectivity index (χ1) is 16.5. The van der Waals surface area contributed by atoms with Gasteiger partial charge >= 0.3 is 0 Å². The Morgan fingerprint density at radius 1 is 1.18 bits per heavy atom. The Bertz CT molecular complexity index is 1140. The van der Waals surface area contributed by atoms with Gasteiger partial charge in [0.1, 0.15) is 11.5 Å². The molecule has 2 aromatic heterocycles. The lowest BCUT2D eigenvalue weighted by Gasteiger charge is -2.42. The van der Waals surface area contributed by atoms with E-state index < -0.39 is 17.0 Å². The number of nitrogens with one attached hydrogen (secondary N) is 1. The Balaban J connectivity index is 1.42. The summed E-state index contributed by atoms with van der Waals surface area (Å²) in [7, 11) is 0. The number of ether oxygens (including phenoxy) is 1. The number of rotatable bonds is 7. The summed E-state index contributed by atoms with van der Waals surface area (Å²) < 4.78 is 6.05. The van der Waals surface area contributed by atoms with Crippen molar-refractivity contribution in [2.24, 2.45) is 5.92 Å². The van der Waals surface area contributed by atoms with E-state index in [0.29, 0.717) is 29.1 Å². The van der Waals surface area contributed by atoms with Gasteiger partial charge in [-0.3, -0.25) is 10.1 Å². The number of ketones is 1. The largest absolute Gasteiger partial charge is 0.477 e. The van der Waals surface area contributed by atoms with Gasteiger partial charge in [-0.25, -0.2) is 4.98 Å². The summed E-state index contributed by atoms with van der Waals surface area (Å²) in [5.41, 5.74) is 0.649. The van der Waals surface area contributed by atoms with E-state index >= 15 is 0 Å². The quantitative estimate of drug-likeness (QED) is 0.424. The van der Waals surface area contributed by atoms with E-state index in [1.807, 2.05) is 53.2 Å². The van der Waals surface area contributed by atoms with Crippen LogP contribution in [0.25, 0.3) is 0 Å². The number of thioether (sulfide) groups is 1. The molecule has 5 nitrogen and oxygen atoms in total. The van der Waals surface area contributed by atoms with Gasteiger partial charge in [-0.1, -0.05) is 42.6 Å². The molecule has 3 unspecified atom stereocenters. The maximum absolute atomic E-state index is 13.5. The molecule has 1 aliphatic carbocycles. The summed E-state index contributed by atoms with van der Waals surface area (Å²) in [6, 6.07) is 15.0. The minimum atomic E-state index is -1.08. The first-order valence-electron chi connectivity index (χ1n) is 11.6. The summed E-state index contributed by atoms with van der Waals surface area (Å²) in [4.78, 5) is 19.0. The molecule has 5 rings (SSSR count). The number of hydrogen-bond acceptors (Lipinski definition) is 7. The van der Waals surface area contributed by atoms with Gasteiger partial charge in [0.05, 0.1) is 22.9 Å². The molecule has 3 heterocycles. The second-order valence-corrected chi connectivity index (χ2v) is 11.3. The van der Waals surface area contributed by atoms with Crippen molar-refractivity contribution in [3.8, 4) is 5.88 Å². The summed E-state index contributed by atoms with van der Waals surface area (Å²) in [5.74, 6) is 1.08. The Labute approximate surface area is 212 Å². The van der Waals surface area contributed by atoms with Crippen LogP contribution in [0.2, 0.25) is 5.02 Å². The molecule has 178 valence electrons. The Kier molecular flexibility index (Phi) is 7.27. The molecule has 2 aliphatic rings. The number of Topliss-reactive ketones (excluding diaryl/α,β-unsaturated/α-hetero) is 1. The monoisotopic (exact) mass is 514 g/mol. The number of aliphatic hydroxyl groups is 1. The van der Waals surface area contributed by atoms with Crippen LogP contribution in [0.5, 0.6) is 5.88 Å². The smallest absolute Gasteiger partial charge is 0.213 e. The predicted molar refractivity (Wildman–Crippen MR) is 137 cm³/mol. The third-order valence-corrected chi connectivity index (χ3v) is 9.15. The molecule has 2 N–H and O–H groups in total. The highest BCUT2D eigenvalue weighted by atomic mass is 35.5. The Morgan fingerprint density at radius 3 is 2.74 bits per heavy atom. The second kappa shape index (κ2) is 10.4. The number of piperidine rings is 1. The van der Waals surface area contributed by atoms with Gasteiger partial charge in [-0.05, 0) is 59.3 Å². The number of thiophene rings is 1. The highest BCUT2D eigenvalue weighted by Crippen LogP contribution is 2.42. The molecule has 1 aromatic carbocycles. The fourth-order valence-electron chi connectivity index (χ4n) is 4.84. The maximum atomic E-state index is 13.5. The number of halogens is 1. The molecule has 0 amide bonds. The first-order valence-corrected chi connectivity index (χ1v) is 13.8. The number of hydrogen-bond donors (Lipinski definition) is 2. The average Bonchev–Trinajstić information content (AvgIpc) is 3.56. The number of carbonyl (C=O) groups is 1. The molecule has 1 saturated heterocycles. The van der Waals surface area contributed by atoms with Crippen molar-refractivity contribution in [3.63, 3.8) is 0 Å². The Morgan fingerprint density at radius 2 is 2.00 bits per heavy atom. The van der Waals surface area contributed by atoms with Crippen LogP contribution in [0, 0.1) is 5.92 Å². The van der Waals surface area contributed by atoms with Crippen LogP contribution in [-0.4, -0.2) is 34.0 Å². The van der Waals surface area contributed by atoms with Gasteiger partial charge < -0.3 is 9.84 Å². The molecule has 0 bridgehead atoms. The number of nitrogens with zero attached hydrogens (tertiary/aromatic N) is 1. The molecule has 1 saturated carbocycles. The molecule has 3 atom stereocenters. The van der Waals surface area contributed by atoms with Crippen molar-refractivity contribution in [3.05, 3.63) is 75.6 Å². The van der Waals surface area contributed by atoms with E-state index in [9.17, 15) is 9.90 Å². The number of benzene rings is 1. The zero-order valence-corrected chi connectivity index (χ0v) is 21.0. The predicted octanol–water partition coefficient (Wildman–Crippen LogP) is 5.65. The van der Waals surface area contributed by atoms with Crippen molar-refractivity contribution in [1.82, 2.24) is 10.3 Å². The third kappa shape index (κ3) is 4.90. The first kappa shape index (κ1) is 23.8. The lowest BCUT2D eigenvalue weighted by atomic mass is 9.79. The molecule has 0 radical (unpaired) electrons. The van der Waals surface area contributed by atoms with Crippen molar-refractivity contribution < 1.29 is 14.6 Å². The van der Waals surface area contributed by atoms with Crippen molar-refractivity contribution in [2.45, 2.75) is 54.0 Å². The Hall–Kier alpha value is -1.90. The summed E-state index contributed by atoms with van der Waals surface area (Å²) in [6.07, 6.45) is 4.02. The fraction of sp³-hybridized carbons (Fsp3) is 0.385. The molecule has 34 heavy (non-hydrogen) atoms. The number of carbonyl (C=O) groups excluding carboxylic acids is 1. The lowest BCUT2D eigenvalue weighted by molar-refractivity contribution is -0.125. The van der Waals surface area contributed by atoms with Gasteiger partial charge in [0.15, 0.2) is 5.78 Å².